The highest BCUT2D eigenvalue weighted by Gasteiger charge is 2.59. The minimum absolute atomic E-state index is 0.0162. The number of aliphatic imine (C=N–C) groups is 2. The van der Waals surface area contributed by atoms with Gasteiger partial charge >= 0.3 is 20.2 Å². The SMILES string of the molecule is CC1=Nc2cc(-c3ccc4c(c3)[N+]3(CCCC3S(=O)(=O)O)C(c3cccc(C)c3)=N4)ccc2[N+]12CCCC2S(=O)(=O)O. The smallest absolute Gasteiger partial charge is 0.281 e. The minimum Gasteiger partial charge on any atom is -0.281 e. The molecule has 0 bridgehead atoms. The molecule has 42 heavy (non-hydrogen) atoms. The fraction of sp³-hybridized carbons (Fsp3) is 0.333. The summed E-state index contributed by atoms with van der Waals surface area (Å²) in [7, 11) is -8.70. The molecule has 0 radical (unpaired) electrons. The molecule has 0 aliphatic carbocycles. The van der Waals surface area contributed by atoms with Gasteiger partial charge in [-0.05, 0) is 48.4 Å². The van der Waals surface area contributed by atoms with Gasteiger partial charge < -0.3 is 0 Å². The molecule has 2 fully saturated rings. The summed E-state index contributed by atoms with van der Waals surface area (Å²) < 4.78 is 70.6. The standard InChI is InChI=1S/C30H30N4O6S2/c1-19-6-3-7-23(16-19)30-32-24-12-10-22(18-27(24)34(30)15-5-9-29(34)42(38,39)40)21-11-13-26-25(17-21)31-20(2)33(26)14-4-8-28(33)41(35,36)37/h3,6-7,10-13,16-18,28-29H,4-5,8-9,14-15H2,1-2H3/p+2. The second-order valence-corrected chi connectivity index (χ2v) is 14.9. The number of benzene rings is 3. The average Bonchev–Trinajstić information content (AvgIpc) is 3.69. The molecule has 2 spiro atoms. The van der Waals surface area contributed by atoms with Crippen molar-refractivity contribution in [1.29, 1.82) is 0 Å². The fourth-order valence-electron chi connectivity index (χ4n) is 7.76. The first-order valence-corrected chi connectivity index (χ1v) is 17.1. The van der Waals surface area contributed by atoms with Gasteiger partial charge in [-0.2, -0.15) is 26.8 Å². The van der Waals surface area contributed by atoms with Gasteiger partial charge in [0.25, 0.3) is 0 Å². The van der Waals surface area contributed by atoms with Crippen molar-refractivity contribution in [2.75, 3.05) is 13.1 Å². The molecule has 4 unspecified atom stereocenters. The second-order valence-electron chi connectivity index (χ2n) is 11.8. The summed E-state index contributed by atoms with van der Waals surface area (Å²) in [4.78, 5) is 9.71. The zero-order chi connectivity index (χ0) is 29.7. The molecule has 0 aromatic heterocycles. The van der Waals surface area contributed by atoms with Crippen LogP contribution in [0.2, 0.25) is 0 Å². The number of hydrogen-bond donors (Lipinski definition) is 2. The number of quaternary nitrogens is 2. The molecule has 4 heterocycles. The quantitative estimate of drug-likeness (QED) is 0.299. The van der Waals surface area contributed by atoms with Crippen LogP contribution in [0.25, 0.3) is 11.1 Å². The van der Waals surface area contributed by atoms with Gasteiger partial charge in [0.15, 0.2) is 11.4 Å². The largest absolute Gasteiger partial charge is 0.320 e. The summed E-state index contributed by atoms with van der Waals surface area (Å²) in [6.07, 6.45) is 1.94. The Hall–Kier alpha value is -3.26. The Balaban J connectivity index is 1.36. The first-order chi connectivity index (χ1) is 19.9. The van der Waals surface area contributed by atoms with Gasteiger partial charge in [0.05, 0.1) is 18.7 Å². The Kier molecular flexibility index (Phi) is 5.99. The van der Waals surface area contributed by atoms with Crippen molar-refractivity contribution in [2.24, 2.45) is 9.98 Å². The van der Waals surface area contributed by atoms with E-state index < -0.39 is 31.0 Å². The minimum atomic E-state index is -4.41. The van der Waals surface area contributed by atoms with E-state index in [-0.39, 0.29) is 8.97 Å². The van der Waals surface area contributed by atoms with E-state index in [9.17, 15) is 25.9 Å². The average molecular weight is 609 g/mol. The monoisotopic (exact) mass is 608 g/mol. The molecule has 10 nitrogen and oxygen atoms in total. The second kappa shape index (κ2) is 9.12. The van der Waals surface area contributed by atoms with Crippen molar-refractivity contribution in [1.82, 2.24) is 8.97 Å². The van der Waals surface area contributed by atoms with E-state index in [1.165, 1.54) is 0 Å². The van der Waals surface area contributed by atoms with Crippen LogP contribution in [0.15, 0.2) is 70.6 Å². The Bertz CT molecular complexity index is 1960. The fourth-order valence-corrected chi connectivity index (χ4v) is 10.3. The van der Waals surface area contributed by atoms with Crippen molar-refractivity contribution in [3.8, 4) is 11.1 Å². The highest BCUT2D eigenvalue weighted by atomic mass is 32.2. The summed E-state index contributed by atoms with van der Waals surface area (Å²) in [6.45, 7) is 4.81. The summed E-state index contributed by atoms with van der Waals surface area (Å²) >= 11 is 0. The van der Waals surface area contributed by atoms with E-state index in [4.69, 9.17) is 9.98 Å². The highest BCUT2D eigenvalue weighted by Crippen LogP contribution is 2.52. The van der Waals surface area contributed by atoms with Crippen LogP contribution >= 0.6 is 0 Å². The predicted octanol–water partition coefficient (Wildman–Crippen LogP) is 5.45. The summed E-state index contributed by atoms with van der Waals surface area (Å²) in [5.74, 6) is 1.24. The summed E-state index contributed by atoms with van der Waals surface area (Å²) in [5.41, 5.74) is 6.29. The molecular formula is C30H32N4O6S2+2. The maximum Gasteiger partial charge on any atom is 0.320 e. The first-order valence-electron chi connectivity index (χ1n) is 14.1. The van der Waals surface area contributed by atoms with Crippen LogP contribution in [0, 0.1) is 6.92 Å². The number of nitrogens with zero attached hydrogens (tertiary/aromatic N) is 4. The van der Waals surface area contributed by atoms with Crippen LogP contribution in [0.3, 0.4) is 0 Å². The van der Waals surface area contributed by atoms with Crippen LogP contribution in [-0.4, -0.2) is 61.4 Å². The number of hydrogen-bond acceptors (Lipinski definition) is 6. The molecule has 0 saturated carbocycles. The third-order valence-electron chi connectivity index (χ3n) is 9.48. The van der Waals surface area contributed by atoms with Gasteiger partial charge in [-0.3, -0.25) is 9.11 Å². The van der Waals surface area contributed by atoms with Crippen molar-refractivity contribution in [3.05, 3.63) is 71.8 Å². The number of aryl methyl sites for hydroxylation is 1. The van der Waals surface area contributed by atoms with E-state index in [1.54, 1.807) is 6.92 Å². The van der Waals surface area contributed by atoms with Crippen molar-refractivity contribution >= 4 is 54.7 Å². The van der Waals surface area contributed by atoms with Crippen LogP contribution in [-0.2, 0) is 20.2 Å². The molecule has 12 heteroatoms. The third kappa shape index (κ3) is 3.83. The van der Waals surface area contributed by atoms with E-state index in [2.05, 4.69) is 0 Å². The first kappa shape index (κ1) is 27.6. The van der Waals surface area contributed by atoms with Gasteiger partial charge in [0.1, 0.15) is 11.4 Å². The van der Waals surface area contributed by atoms with Gasteiger partial charge in [-0.25, -0.2) is 8.97 Å². The Labute approximate surface area is 245 Å². The molecule has 4 aliphatic rings. The lowest BCUT2D eigenvalue weighted by molar-refractivity contribution is 0.402. The van der Waals surface area contributed by atoms with E-state index >= 15 is 0 Å². The van der Waals surface area contributed by atoms with Crippen LogP contribution in [0.1, 0.15) is 43.7 Å². The molecule has 2 saturated heterocycles. The lowest BCUT2D eigenvalue weighted by atomic mass is 10.0. The third-order valence-corrected chi connectivity index (χ3v) is 12.0. The number of amidine groups is 2. The van der Waals surface area contributed by atoms with Gasteiger partial charge in [-0.1, -0.05) is 23.8 Å². The molecule has 218 valence electrons. The van der Waals surface area contributed by atoms with E-state index in [0.717, 1.165) is 33.6 Å². The normalized spacial score (nSPS) is 28.3. The molecule has 3 aromatic carbocycles. The number of fused-ring (bicyclic) bond motifs is 4. The molecular weight excluding hydrogens is 576 g/mol. The Morgan fingerprint density at radius 2 is 1.33 bits per heavy atom. The van der Waals surface area contributed by atoms with Crippen LogP contribution in [0.5, 0.6) is 0 Å². The zero-order valence-corrected chi connectivity index (χ0v) is 24.9. The van der Waals surface area contributed by atoms with Crippen molar-refractivity contribution in [2.45, 2.75) is 50.3 Å². The van der Waals surface area contributed by atoms with Crippen molar-refractivity contribution < 1.29 is 25.9 Å². The molecule has 4 aliphatic heterocycles. The molecule has 3 aromatic rings. The highest BCUT2D eigenvalue weighted by molar-refractivity contribution is 7.86. The molecule has 0 amide bonds. The summed E-state index contributed by atoms with van der Waals surface area (Å²) in [6, 6.07) is 19.3. The van der Waals surface area contributed by atoms with Crippen LogP contribution < -0.4 is 8.97 Å². The van der Waals surface area contributed by atoms with E-state index in [1.807, 2.05) is 67.6 Å². The lowest BCUT2D eigenvalue weighted by Crippen LogP contribution is -2.58. The van der Waals surface area contributed by atoms with Crippen molar-refractivity contribution in [3.63, 3.8) is 0 Å². The Morgan fingerprint density at radius 1 is 0.690 bits per heavy atom. The maximum atomic E-state index is 12.8. The lowest BCUT2D eigenvalue weighted by Gasteiger charge is -2.35. The molecule has 7 rings (SSSR count). The zero-order valence-electron chi connectivity index (χ0n) is 23.3. The van der Waals surface area contributed by atoms with E-state index in [0.29, 0.717) is 61.8 Å². The van der Waals surface area contributed by atoms with Crippen LogP contribution in [0.4, 0.5) is 22.7 Å². The summed E-state index contributed by atoms with van der Waals surface area (Å²) in [5, 5.41) is -2.06. The number of rotatable bonds is 4. The van der Waals surface area contributed by atoms with Gasteiger partial charge in [0, 0.05) is 44.7 Å². The molecule has 4 atom stereocenters. The topological polar surface area (TPSA) is 133 Å². The maximum absolute atomic E-state index is 12.8. The molecule has 2 N–H and O–H groups in total. The Morgan fingerprint density at radius 3 is 2.02 bits per heavy atom. The van der Waals surface area contributed by atoms with Gasteiger partial charge in [0.2, 0.25) is 22.4 Å². The predicted molar refractivity (Wildman–Crippen MR) is 164 cm³/mol. The van der Waals surface area contributed by atoms with Gasteiger partial charge in [-0.15, -0.1) is 0 Å².